The molecule has 0 bridgehead atoms. The van der Waals surface area contributed by atoms with Crippen LogP contribution in [0.2, 0.25) is 0 Å². The highest BCUT2D eigenvalue weighted by molar-refractivity contribution is 6.14. The second kappa shape index (κ2) is 5.10. The first-order valence-electron chi connectivity index (χ1n) is 7.95. The van der Waals surface area contributed by atoms with Crippen molar-refractivity contribution in [1.29, 1.82) is 0 Å². The molecule has 4 rings (SSSR count). The molecule has 0 radical (unpaired) electrons. The van der Waals surface area contributed by atoms with Crippen LogP contribution in [0.3, 0.4) is 0 Å². The van der Waals surface area contributed by atoms with E-state index in [-0.39, 0.29) is 5.54 Å². The molecule has 106 valence electrons. The molecule has 2 nitrogen and oxygen atoms in total. The van der Waals surface area contributed by atoms with Gasteiger partial charge in [-0.3, -0.25) is 9.98 Å². The topological polar surface area (TPSA) is 25.2 Å². The standard InChI is InChI=1S/C19H20N2/c1-4-10-19(11-5-1)14-16-6-2-3-7-17(16)18(21-19)15-8-12-20-13-9-15/h2-3,6-9,12-13H,1,4-5,10-11,14H2. The monoisotopic (exact) mass is 276 g/mol. The molecule has 2 heterocycles. The lowest BCUT2D eigenvalue weighted by molar-refractivity contribution is 0.294. The highest BCUT2D eigenvalue weighted by Crippen LogP contribution is 2.39. The van der Waals surface area contributed by atoms with Gasteiger partial charge in [0.2, 0.25) is 0 Å². The second-order valence-electron chi connectivity index (χ2n) is 6.32. The largest absolute Gasteiger partial charge is 0.277 e. The third-order valence-corrected chi connectivity index (χ3v) is 4.88. The summed E-state index contributed by atoms with van der Waals surface area (Å²) in [7, 11) is 0. The van der Waals surface area contributed by atoms with Crippen molar-refractivity contribution in [2.75, 3.05) is 0 Å². The van der Waals surface area contributed by atoms with Gasteiger partial charge in [-0.2, -0.15) is 0 Å². The normalized spacial score (nSPS) is 19.9. The number of nitrogens with zero attached hydrogens (tertiary/aromatic N) is 2. The number of aliphatic imine (C=N–C) groups is 1. The predicted octanol–water partition coefficient (Wildman–Crippen LogP) is 4.18. The number of hydrogen-bond acceptors (Lipinski definition) is 2. The van der Waals surface area contributed by atoms with Crippen LogP contribution in [-0.2, 0) is 6.42 Å². The summed E-state index contributed by atoms with van der Waals surface area (Å²) >= 11 is 0. The van der Waals surface area contributed by atoms with Gasteiger partial charge in [0.15, 0.2) is 0 Å². The third-order valence-electron chi connectivity index (χ3n) is 4.88. The van der Waals surface area contributed by atoms with Gasteiger partial charge in [-0.1, -0.05) is 43.5 Å². The molecule has 21 heavy (non-hydrogen) atoms. The van der Waals surface area contributed by atoms with Crippen LogP contribution in [0, 0.1) is 0 Å². The first kappa shape index (κ1) is 12.8. The highest BCUT2D eigenvalue weighted by atomic mass is 14.9. The summed E-state index contributed by atoms with van der Waals surface area (Å²) in [6.45, 7) is 0. The average molecular weight is 276 g/mol. The highest BCUT2D eigenvalue weighted by Gasteiger charge is 2.36. The molecule has 1 aromatic carbocycles. The van der Waals surface area contributed by atoms with Crippen LogP contribution in [0.4, 0.5) is 0 Å². The van der Waals surface area contributed by atoms with Crippen molar-refractivity contribution >= 4 is 5.71 Å². The molecule has 1 aromatic heterocycles. The Morgan fingerprint density at radius 2 is 1.62 bits per heavy atom. The van der Waals surface area contributed by atoms with E-state index in [9.17, 15) is 0 Å². The summed E-state index contributed by atoms with van der Waals surface area (Å²) in [6, 6.07) is 12.9. The number of fused-ring (bicyclic) bond motifs is 1. The molecule has 0 amide bonds. The van der Waals surface area contributed by atoms with E-state index in [1.54, 1.807) is 0 Å². The summed E-state index contributed by atoms with van der Waals surface area (Å²) in [4.78, 5) is 9.42. The van der Waals surface area contributed by atoms with Crippen molar-refractivity contribution in [1.82, 2.24) is 4.98 Å². The van der Waals surface area contributed by atoms with Gasteiger partial charge in [-0.15, -0.1) is 0 Å². The zero-order valence-corrected chi connectivity index (χ0v) is 12.3. The molecule has 0 saturated heterocycles. The number of pyridine rings is 1. The van der Waals surface area contributed by atoms with Gasteiger partial charge in [0.1, 0.15) is 0 Å². The molecule has 0 unspecified atom stereocenters. The van der Waals surface area contributed by atoms with Crippen LogP contribution >= 0.6 is 0 Å². The third kappa shape index (κ3) is 2.29. The Labute approximate surface area is 126 Å². The van der Waals surface area contributed by atoms with Gasteiger partial charge in [-0.25, -0.2) is 0 Å². The molecule has 0 N–H and O–H groups in total. The van der Waals surface area contributed by atoms with E-state index in [2.05, 4.69) is 41.4 Å². The Kier molecular flexibility index (Phi) is 3.10. The zero-order chi connectivity index (χ0) is 14.1. The SMILES string of the molecule is c1ccc2c(c1)CC1(CCCCC1)N=C2c1ccncc1. The fraction of sp³-hybridized carbons (Fsp3) is 0.368. The van der Waals surface area contributed by atoms with Crippen LogP contribution in [0.5, 0.6) is 0 Å². The lowest BCUT2D eigenvalue weighted by atomic mass is 9.74. The fourth-order valence-electron chi connectivity index (χ4n) is 3.83. The molecule has 2 heteroatoms. The lowest BCUT2D eigenvalue weighted by Gasteiger charge is -2.38. The maximum absolute atomic E-state index is 5.27. The van der Waals surface area contributed by atoms with E-state index < -0.39 is 0 Å². The Morgan fingerprint density at radius 3 is 2.43 bits per heavy atom. The minimum atomic E-state index is 0.144. The minimum Gasteiger partial charge on any atom is -0.277 e. The first-order chi connectivity index (χ1) is 10.4. The van der Waals surface area contributed by atoms with Crippen LogP contribution in [0.15, 0.2) is 53.8 Å². The number of aromatic nitrogens is 1. The van der Waals surface area contributed by atoms with Gasteiger partial charge >= 0.3 is 0 Å². The van der Waals surface area contributed by atoms with Gasteiger partial charge in [0, 0.05) is 23.5 Å². The van der Waals surface area contributed by atoms with Gasteiger partial charge in [-0.05, 0) is 37.0 Å². The van der Waals surface area contributed by atoms with Gasteiger partial charge in [0.25, 0.3) is 0 Å². The first-order valence-corrected chi connectivity index (χ1v) is 7.95. The predicted molar refractivity (Wildman–Crippen MR) is 85.8 cm³/mol. The van der Waals surface area contributed by atoms with Gasteiger partial charge in [0.05, 0.1) is 11.3 Å². The molecule has 1 aliphatic heterocycles. The summed E-state index contributed by atoms with van der Waals surface area (Å²) in [6.07, 6.45) is 11.3. The summed E-state index contributed by atoms with van der Waals surface area (Å²) in [5.74, 6) is 0. The quantitative estimate of drug-likeness (QED) is 0.767. The Balaban J connectivity index is 1.87. The van der Waals surface area contributed by atoms with Crippen molar-refractivity contribution in [3.8, 4) is 0 Å². The second-order valence-corrected chi connectivity index (χ2v) is 6.32. The molecule has 1 saturated carbocycles. The van der Waals surface area contributed by atoms with Crippen molar-refractivity contribution < 1.29 is 0 Å². The smallest absolute Gasteiger partial charge is 0.0729 e. The fourth-order valence-corrected chi connectivity index (χ4v) is 3.83. The Bertz CT molecular complexity index is 667. The van der Waals surface area contributed by atoms with E-state index in [1.165, 1.54) is 54.5 Å². The average Bonchev–Trinajstić information content (AvgIpc) is 2.56. The van der Waals surface area contributed by atoms with Crippen molar-refractivity contribution in [3.63, 3.8) is 0 Å². The number of benzene rings is 1. The lowest BCUT2D eigenvalue weighted by Crippen LogP contribution is -2.37. The van der Waals surface area contributed by atoms with E-state index in [1.807, 2.05) is 12.4 Å². The maximum atomic E-state index is 5.27. The number of rotatable bonds is 1. The minimum absolute atomic E-state index is 0.144. The van der Waals surface area contributed by atoms with E-state index in [0.29, 0.717) is 0 Å². The molecular formula is C19H20N2. The van der Waals surface area contributed by atoms with Crippen LogP contribution in [0.25, 0.3) is 0 Å². The molecule has 2 aromatic rings. The molecule has 1 spiro atoms. The summed E-state index contributed by atoms with van der Waals surface area (Å²) < 4.78 is 0. The van der Waals surface area contributed by atoms with Crippen molar-refractivity contribution in [2.45, 2.75) is 44.1 Å². The van der Waals surface area contributed by atoms with Gasteiger partial charge < -0.3 is 0 Å². The zero-order valence-electron chi connectivity index (χ0n) is 12.3. The van der Waals surface area contributed by atoms with Crippen LogP contribution in [-0.4, -0.2) is 16.2 Å². The molecule has 2 aliphatic rings. The van der Waals surface area contributed by atoms with Crippen molar-refractivity contribution in [3.05, 3.63) is 65.5 Å². The number of hydrogen-bond donors (Lipinski definition) is 0. The van der Waals surface area contributed by atoms with E-state index >= 15 is 0 Å². The summed E-state index contributed by atoms with van der Waals surface area (Å²) in [5, 5.41) is 0. The molecule has 1 fully saturated rings. The maximum Gasteiger partial charge on any atom is 0.0729 e. The Morgan fingerprint density at radius 1 is 0.857 bits per heavy atom. The van der Waals surface area contributed by atoms with Crippen molar-refractivity contribution in [2.24, 2.45) is 4.99 Å². The van der Waals surface area contributed by atoms with E-state index in [0.717, 1.165) is 6.42 Å². The molecule has 1 aliphatic carbocycles. The van der Waals surface area contributed by atoms with Crippen LogP contribution < -0.4 is 0 Å². The summed E-state index contributed by atoms with van der Waals surface area (Å²) in [5.41, 5.74) is 5.27. The molecule has 0 atom stereocenters. The van der Waals surface area contributed by atoms with Crippen LogP contribution in [0.1, 0.15) is 48.8 Å². The molecular weight excluding hydrogens is 256 g/mol. The Hall–Kier alpha value is -1.96. The van der Waals surface area contributed by atoms with E-state index in [4.69, 9.17) is 4.99 Å².